The zero-order valence-corrected chi connectivity index (χ0v) is 28.9. The van der Waals surface area contributed by atoms with Gasteiger partial charge >= 0.3 is 12.2 Å². The highest BCUT2D eigenvalue weighted by atomic mass is 32.1. The summed E-state index contributed by atoms with van der Waals surface area (Å²) in [6, 6.07) is 3.42. The first-order valence-corrected chi connectivity index (χ1v) is 17.6. The molecule has 270 valence electrons. The number of fused-ring (bicyclic) bond motifs is 3. The molecule has 9 nitrogen and oxygen atoms in total. The number of likely N-dealkylation sites (N-methyl/N-ethyl adjacent to an activating group) is 1. The van der Waals surface area contributed by atoms with Gasteiger partial charge < -0.3 is 20.3 Å². The highest BCUT2D eigenvalue weighted by molar-refractivity contribution is 7.23. The van der Waals surface area contributed by atoms with Gasteiger partial charge in [-0.3, -0.25) is 9.69 Å². The number of benzene rings is 2. The number of nitriles is 1. The van der Waals surface area contributed by atoms with Crippen molar-refractivity contribution in [2.45, 2.75) is 75.9 Å². The number of rotatable bonds is 7. The lowest BCUT2D eigenvalue weighted by molar-refractivity contribution is -0.137. The molecule has 2 N–H and O–H groups in total. The smallest absolute Gasteiger partial charge is 0.417 e. The molecule has 0 spiro atoms. The Morgan fingerprint density at radius 2 is 2.02 bits per heavy atom. The number of aromatic nitrogens is 2. The number of carbonyl (C=O) groups is 1. The number of carbonyl (C=O) groups excluding carboxylic acids is 1. The third kappa shape index (κ3) is 5.69. The maximum Gasteiger partial charge on any atom is 0.417 e. The molecular formula is C35H35F6N7O2S. The number of nitrogen functional groups attached to an aromatic ring is 1. The second-order valence-corrected chi connectivity index (χ2v) is 14.7. The molecule has 3 fully saturated rings. The van der Waals surface area contributed by atoms with Gasteiger partial charge in [-0.25, -0.2) is 13.2 Å². The number of amides is 1. The molecule has 3 aliphatic rings. The van der Waals surface area contributed by atoms with E-state index >= 15 is 17.6 Å². The number of ether oxygens (including phenoxy) is 1. The first-order chi connectivity index (χ1) is 24.2. The number of nitrogens with zero attached hydrogens (tertiary/aromatic N) is 6. The molecule has 2 aromatic heterocycles. The van der Waals surface area contributed by atoms with Crippen molar-refractivity contribution >= 4 is 49.1 Å². The fraction of sp³-hybridized carbons (Fsp3) is 0.486. The van der Waals surface area contributed by atoms with E-state index in [2.05, 4.69) is 9.97 Å². The van der Waals surface area contributed by atoms with Crippen molar-refractivity contribution in [3.63, 3.8) is 0 Å². The van der Waals surface area contributed by atoms with E-state index in [4.69, 9.17) is 10.5 Å². The van der Waals surface area contributed by atoms with Crippen molar-refractivity contribution in [3.05, 3.63) is 41.0 Å². The van der Waals surface area contributed by atoms with Crippen LogP contribution in [0.25, 0.3) is 32.1 Å². The summed E-state index contributed by atoms with van der Waals surface area (Å²) in [5, 5.41) is 9.21. The van der Waals surface area contributed by atoms with Crippen LogP contribution in [0, 0.1) is 23.0 Å². The van der Waals surface area contributed by atoms with E-state index in [1.807, 2.05) is 17.9 Å². The second kappa shape index (κ2) is 12.7. The molecule has 5 heterocycles. The van der Waals surface area contributed by atoms with Crippen LogP contribution in [-0.4, -0.2) is 82.8 Å². The van der Waals surface area contributed by atoms with Crippen LogP contribution >= 0.6 is 11.3 Å². The summed E-state index contributed by atoms with van der Waals surface area (Å²) >= 11 is 0.680. The minimum Gasteiger partial charge on any atom is -0.461 e. The number of halogens is 6. The van der Waals surface area contributed by atoms with Gasteiger partial charge in [-0.15, -0.1) is 11.3 Å². The van der Waals surface area contributed by atoms with Crippen molar-refractivity contribution in [2.75, 3.05) is 43.9 Å². The molecule has 2 aromatic carbocycles. The summed E-state index contributed by atoms with van der Waals surface area (Å²) in [5.74, 6) is -2.33. The minimum atomic E-state index is -5.12. The van der Waals surface area contributed by atoms with E-state index in [0.717, 1.165) is 24.6 Å². The van der Waals surface area contributed by atoms with Crippen LogP contribution in [0.2, 0.25) is 0 Å². The fourth-order valence-corrected chi connectivity index (χ4v) is 9.27. The Hall–Kier alpha value is -4.36. The second-order valence-electron chi connectivity index (χ2n) is 13.6. The fourth-order valence-electron chi connectivity index (χ4n) is 8.32. The summed E-state index contributed by atoms with van der Waals surface area (Å²) in [6.45, 7) is 4.91. The standard InChI is InChI=1S/C35H35F6N7O2S/c1-4-25(49)48-11-8-24(17(48)2)46(3)32-20-12-22(35(39,40)41)27(19-6-7-23(37)30-26(19)21(14-42)31(43)51-30)28(38)29(20)44-33(45-32)50-16-34-9-5-10-47(34)15-18(36)13-34/h6-7,12,17-18,24H,4-5,8-11,13,15-16,43H2,1-3H3. The first-order valence-electron chi connectivity index (χ1n) is 16.8. The molecule has 0 bridgehead atoms. The number of thiophene rings is 1. The molecule has 51 heavy (non-hydrogen) atoms. The number of hydrogen-bond donors (Lipinski definition) is 1. The number of hydrogen-bond acceptors (Lipinski definition) is 9. The molecule has 1 amide bonds. The van der Waals surface area contributed by atoms with E-state index in [9.17, 15) is 18.8 Å². The van der Waals surface area contributed by atoms with E-state index < -0.39 is 52.2 Å². The summed E-state index contributed by atoms with van der Waals surface area (Å²) < 4.78 is 97.6. The van der Waals surface area contributed by atoms with Crippen LogP contribution in [0.15, 0.2) is 18.2 Å². The average Bonchev–Trinajstić information content (AvgIpc) is 3.83. The monoisotopic (exact) mass is 731 g/mol. The first kappa shape index (κ1) is 35.1. The van der Waals surface area contributed by atoms with Gasteiger partial charge in [0.25, 0.3) is 0 Å². The zero-order chi connectivity index (χ0) is 36.6. The average molecular weight is 732 g/mol. The molecule has 4 aromatic rings. The Bertz CT molecular complexity index is 2100. The van der Waals surface area contributed by atoms with Crippen LogP contribution in [0.3, 0.4) is 0 Å². The van der Waals surface area contributed by atoms with Gasteiger partial charge in [-0.1, -0.05) is 13.0 Å². The Labute approximate surface area is 293 Å². The number of alkyl halides is 4. The molecule has 0 aliphatic carbocycles. The lowest BCUT2D eigenvalue weighted by Crippen LogP contribution is -2.44. The van der Waals surface area contributed by atoms with E-state index in [1.165, 1.54) is 0 Å². The van der Waals surface area contributed by atoms with E-state index in [0.29, 0.717) is 37.3 Å². The lowest BCUT2D eigenvalue weighted by Gasteiger charge is -2.33. The van der Waals surface area contributed by atoms with Crippen molar-refractivity contribution in [2.24, 2.45) is 0 Å². The molecular weight excluding hydrogens is 696 g/mol. The van der Waals surface area contributed by atoms with Crippen LogP contribution in [0.4, 0.5) is 37.2 Å². The van der Waals surface area contributed by atoms with Gasteiger partial charge in [0.05, 0.1) is 27.4 Å². The van der Waals surface area contributed by atoms with E-state index in [1.54, 1.807) is 23.8 Å². The molecule has 3 saturated heterocycles. The molecule has 3 aliphatic heterocycles. The highest BCUT2D eigenvalue weighted by Crippen LogP contribution is 2.48. The minimum absolute atomic E-state index is 0.0197. The SMILES string of the molecule is CCC(=O)N1CCC(N(C)c2nc(OCC34CCCN3CC(F)C4)nc3c(F)c(-c4ccc(F)c5sc(N)c(C#N)c45)c(C(F)(F)F)cc23)C1C. The summed E-state index contributed by atoms with van der Waals surface area (Å²) in [6.07, 6.45) is -3.71. The van der Waals surface area contributed by atoms with Crippen molar-refractivity contribution in [3.8, 4) is 23.2 Å². The number of likely N-dealkylation sites (tertiary alicyclic amines) is 1. The highest BCUT2D eigenvalue weighted by Gasteiger charge is 2.49. The third-order valence-corrected chi connectivity index (χ3v) is 11.8. The quantitative estimate of drug-likeness (QED) is 0.202. The molecule has 16 heteroatoms. The maximum absolute atomic E-state index is 17.1. The molecule has 7 rings (SSSR count). The summed E-state index contributed by atoms with van der Waals surface area (Å²) in [5.41, 5.74) is 1.88. The maximum atomic E-state index is 17.1. The summed E-state index contributed by atoms with van der Waals surface area (Å²) in [4.78, 5) is 26.9. The van der Waals surface area contributed by atoms with Crippen LogP contribution in [0.5, 0.6) is 6.01 Å². The Balaban J connectivity index is 1.45. The normalized spacial score (nSPS) is 23.7. The molecule has 0 radical (unpaired) electrons. The number of anilines is 2. The molecule has 4 atom stereocenters. The van der Waals surface area contributed by atoms with Crippen LogP contribution < -0.4 is 15.4 Å². The Kier molecular flexibility index (Phi) is 8.73. The third-order valence-electron chi connectivity index (χ3n) is 10.8. The van der Waals surface area contributed by atoms with E-state index in [-0.39, 0.29) is 81.4 Å². The van der Waals surface area contributed by atoms with Gasteiger partial charge in [-0.05, 0) is 50.4 Å². The summed E-state index contributed by atoms with van der Waals surface area (Å²) in [7, 11) is 1.62. The van der Waals surface area contributed by atoms with Crippen molar-refractivity contribution < 1.29 is 35.9 Å². The van der Waals surface area contributed by atoms with Gasteiger partial charge in [0.1, 0.15) is 41.0 Å². The molecule has 4 unspecified atom stereocenters. The molecule has 0 saturated carbocycles. The van der Waals surface area contributed by atoms with Crippen molar-refractivity contribution in [1.29, 1.82) is 5.26 Å². The predicted octanol–water partition coefficient (Wildman–Crippen LogP) is 7.05. The van der Waals surface area contributed by atoms with Crippen LogP contribution in [0.1, 0.15) is 57.1 Å². The van der Waals surface area contributed by atoms with Gasteiger partial charge in [-0.2, -0.15) is 28.4 Å². The largest absolute Gasteiger partial charge is 0.461 e. The zero-order valence-electron chi connectivity index (χ0n) is 28.1. The number of nitrogens with two attached hydrogens (primary N) is 1. The Morgan fingerprint density at radius 3 is 2.73 bits per heavy atom. The predicted molar refractivity (Wildman–Crippen MR) is 181 cm³/mol. The van der Waals surface area contributed by atoms with Gasteiger partial charge in [0.2, 0.25) is 5.91 Å². The van der Waals surface area contributed by atoms with Gasteiger partial charge in [0.15, 0.2) is 5.82 Å². The van der Waals surface area contributed by atoms with Gasteiger partial charge in [0, 0.05) is 55.4 Å². The van der Waals surface area contributed by atoms with Crippen LogP contribution in [-0.2, 0) is 11.0 Å². The van der Waals surface area contributed by atoms with Crippen molar-refractivity contribution in [1.82, 2.24) is 19.8 Å². The lowest BCUT2D eigenvalue weighted by atomic mass is 9.92. The Morgan fingerprint density at radius 1 is 1.25 bits per heavy atom. The topological polar surface area (TPSA) is 112 Å².